The van der Waals surface area contributed by atoms with Crippen LogP contribution >= 0.6 is 27.7 Å². The largest absolute Gasteiger partial charge is 0.495 e. The predicted octanol–water partition coefficient (Wildman–Crippen LogP) is 5.26. The second kappa shape index (κ2) is 10.5. The number of amides is 1. The van der Waals surface area contributed by atoms with Crippen LogP contribution in [0.3, 0.4) is 0 Å². The maximum Gasteiger partial charge on any atom is 0.251 e. The molecule has 0 spiro atoms. The van der Waals surface area contributed by atoms with Gasteiger partial charge in [-0.05, 0) is 42.0 Å². The predicted molar refractivity (Wildman–Crippen MR) is 129 cm³/mol. The number of hydrogen-bond acceptors (Lipinski definition) is 5. The molecule has 4 aromatic rings. The van der Waals surface area contributed by atoms with Crippen molar-refractivity contribution in [3.8, 4) is 11.4 Å². The molecule has 3 aromatic carbocycles. The first kappa shape index (κ1) is 22.1. The molecular formula is C24H21BrN4O2S. The summed E-state index contributed by atoms with van der Waals surface area (Å²) < 4.78 is 8.55. The number of benzene rings is 3. The van der Waals surface area contributed by atoms with Crippen molar-refractivity contribution >= 4 is 33.6 Å². The van der Waals surface area contributed by atoms with Gasteiger partial charge in [-0.15, -0.1) is 10.2 Å². The fraction of sp³-hybridized carbons (Fsp3) is 0.125. The molecular weight excluding hydrogens is 488 g/mol. The van der Waals surface area contributed by atoms with E-state index in [1.165, 1.54) is 5.56 Å². The smallest absolute Gasteiger partial charge is 0.251 e. The van der Waals surface area contributed by atoms with Crippen molar-refractivity contribution in [2.75, 3.05) is 7.11 Å². The van der Waals surface area contributed by atoms with Gasteiger partial charge in [0, 0.05) is 15.8 Å². The molecule has 6 nitrogen and oxygen atoms in total. The first-order valence-electron chi connectivity index (χ1n) is 9.94. The van der Waals surface area contributed by atoms with Gasteiger partial charge in [0.25, 0.3) is 5.91 Å². The van der Waals surface area contributed by atoms with Crippen molar-refractivity contribution in [3.63, 3.8) is 0 Å². The second-order valence-corrected chi connectivity index (χ2v) is 8.73. The van der Waals surface area contributed by atoms with E-state index < -0.39 is 0 Å². The molecule has 162 valence electrons. The fourth-order valence-corrected chi connectivity index (χ4v) is 4.33. The molecule has 0 aliphatic heterocycles. The Morgan fingerprint density at radius 1 is 1.00 bits per heavy atom. The maximum atomic E-state index is 12.5. The highest BCUT2D eigenvalue weighted by atomic mass is 79.9. The highest BCUT2D eigenvalue weighted by molar-refractivity contribution is 9.10. The topological polar surface area (TPSA) is 69.0 Å². The lowest BCUT2D eigenvalue weighted by Gasteiger charge is -2.14. The average molecular weight is 509 g/mol. The minimum absolute atomic E-state index is 0.163. The van der Waals surface area contributed by atoms with E-state index in [-0.39, 0.29) is 12.5 Å². The summed E-state index contributed by atoms with van der Waals surface area (Å²) in [4.78, 5) is 12.5. The summed E-state index contributed by atoms with van der Waals surface area (Å²) in [5.74, 6) is 1.89. The third-order valence-electron chi connectivity index (χ3n) is 4.75. The third-order valence-corrected chi connectivity index (χ3v) is 6.28. The van der Waals surface area contributed by atoms with E-state index in [4.69, 9.17) is 4.74 Å². The lowest BCUT2D eigenvalue weighted by Crippen LogP contribution is -2.24. The van der Waals surface area contributed by atoms with Gasteiger partial charge < -0.3 is 10.1 Å². The zero-order valence-corrected chi connectivity index (χ0v) is 19.8. The minimum atomic E-state index is -0.163. The number of para-hydroxylation sites is 2. The lowest BCUT2D eigenvalue weighted by atomic mass is 10.2. The van der Waals surface area contributed by atoms with Crippen LogP contribution in [-0.2, 0) is 12.3 Å². The number of ether oxygens (including phenoxy) is 1. The molecule has 1 aromatic heterocycles. The van der Waals surface area contributed by atoms with E-state index in [1.54, 1.807) is 31.0 Å². The fourth-order valence-electron chi connectivity index (χ4n) is 3.14. The molecule has 0 bridgehead atoms. The number of nitrogens with one attached hydrogen (secondary N) is 1. The Labute approximate surface area is 199 Å². The van der Waals surface area contributed by atoms with Crippen molar-refractivity contribution in [2.45, 2.75) is 17.5 Å². The summed E-state index contributed by atoms with van der Waals surface area (Å²) in [5, 5.41) is 12.4. The van der Waals surface area contributed by atoms with Gasteiger partial charge in [-0.1, -0.05) is 70.2 Å². The van der Waals surface area contributed by atoms with Crippen molar-refractivity contribution in [2.24, 2.45) is 0 Å². The first-order valence-corrected chi connectivity index (χ1v) is 11.7. The zero-order chi connectivity index (χ0) is 22.3. The van der Waals surface area contributed by atoms with Crippen LogP contribution in [0, 0.1) is 0 Å². The molecule has 32 heavy (non-hydrogen) atoms. The lowest BCUT2D eigenvalue weighted by molar-refractivity contribution is 0.0949. The number of methoxy groups -OCH3 is 1. The average Bonchev–Trinajstić information content (AvgIpc) is 3.25. The van der Waals surface area contributed by atoms with Gasteiger partial charge in [0.05, 0.1) is 19.3 Å². The van der Waals surface area contributed by atoms with Gasteiger partial charge >= 0.3 is 0 Å². The Balaban J connectivity index is 1.61. The van der Waals surface area contributed by atoms with Crippen LogP contribution < -0.4 is 10.1 Å². The van der Waals surface area contributed by atoms with Gasteiger partial charge in [-0.2, -0.15) is 0 Å². The molecule has 8 heteroatoms. The molecule has 0 saturated carbocycles. The quantitative estimate of drug-likeness (QED) is 0.328. The van der Waals surface area contributed by atoms with Crippen LogP contribution in [0.15, 0.2) is 88.5 Å². The van der Waals surface area contributed by atoms with Crippen molar-refractivity contribution in [3.05, 3.63) is 100 Å². The molecule has 1 heterocycles. The monoisotopic (exact) mass is 508 g/mol. The Kier molecular flexibility index (Phi) is 7.24. The van der Waals surface area contributed by atoms with E-state index in [1.807, 2.05) is 59.2 Å². The number of thioether (sulfide) groups is 1. The van der Waals surface area contributed by atoms with E-state index >= 15 is 0 Å². The van der Waals surface area contributed by atoms with Crippen LogP contribution in [0.4, 0.5) is 0 Å². The summed E-state index contributed by atoms with van der Waals surface area (Å²) >= 11 is 5.04. The Morgan fingerprint density at radius 2 is 1.72 bits per heavy atom. The second-order valence-electron chi connectivity index (χ2n) is 6.87. The molecule has 0 unspecified atom stereocenters. The summed E-state index contributed by atoms with van der Waals surface area (Å²) in [6, 6.07) is 25.0. The molecule has 0 radical (unpaired) electrons. The van der Waals surface area contributed by atoms with Crippen molar-refractivity contribution in [1.29, 1.82) is 0 Å². The van der Waals surface area contributed by atoms with E-state index in [0.717, 1.165) is 21.1 Å². The van der Waals surface area contributed by atoms with Crippen LogP contribution in [0.2, 0.25) is 0 Å². The molecule has 1 N–H and O–H groups in total. The summed E-state index contributed by atoms with van der Waals surface area (Å²) in [6.07, 6.45) is 0. The number of hydrogen-bond donors (Lipinski definition) is 1. The van der Waals surface area contributed by atoms with E-state index in [9.17, 15) is 4.79 Å². The standard InChI is InChI=1S/C24H21BrN4O2S/c1-31-21-10-6-5-9-20(21)29-22(15-26-23(30)18-7-3-2-4-8-18)27-28-24(29)32-16-17-11-13-19(25)14-12-17/h2-14H,15-16H2,1H3,(H,26,30). The number of halogens is 1. The van der Waals surface area contributed by atoms with Gasteiger partial charge in [0.1, 0.15) is 5.75 Å². The molecule has 1 amide bonds. The number of rotatable bonds is 8. The highest BCUT2D eigenvalue weighted by Crippen LogP contribution is 2.30. The molecule has 0 fully saturated rings. The van der Waals surface area contributed by atoms with Crippen LogP contribution in [-0.4, -0.2) is 27.8 Å². The van der Waals surface area contributed by atoms with Crippen molar-refractivity contribution in [1.82, 2.24) is 20.1 Å². The number of carbonyl (C=O) groups excluding carboxylic acids is 1. The van der Waals surface area contributed by atoms with Gasteiger partial charge in [-0.3, -0.25) is 9.36 Å². The van der Waals surface area contributed by atoms with Gasteiger partial charge in [0.15, 0.2) is 11.0 Å². The number of aromatic nitrogens is 3. The summed E-state index contributed by atoms with van der Waals surface area (Å²) in [7, 11) is 1.63. The Hall–Kier alpha value is -3.10. The third kappa shape index (κ3) is 5.20. The van der Waals surface area contributed by atoms with E-state index in [2.05, 4.69) is 43.6 Å². The molecule has 0 atom stereocenters. The zero-order valence-electron chi connectivity index (χ0n) is 17.4. The highest BCUT2D eigenvalue weighted by Gasteiger charge is 2.18. The SMILES string of the molecule is COc1ccccc1-n1c(CNC(=O)c2ccccc2)nnc1SCc1ccc(Br)cc1. The van der Waals surface area contributed by atoms with Crippen molar-refractivity contribution < 1.29 is 9.53 Å². The van der Waals surface area contributed by atoms with Crippen LogP contribution in [0.25, 0.3) is 5.69 Å². The van der Waals surface area contributed by atoms with E-state index in [0.29, 0.717) is 17.1 Å². The number of nitrogens with zero attached hydrogens (tertiary/aromatic N) is 3. The Bertz CT molecular complexity index is 1200. The molecule has 0 aliphatic carbocycles. The Morgan fingerprint density at radius 3 is 2.47 bits per heavy atom. The maximum absolute atomic E-state index is 12.5. The van der Waals surface area contributed by atoms with Gasteiger partial charge in [-0.25, -0.2) is 0 Å². The molecule has 0 aliphatic rings. The first-order chi connectivity index (χ1) is 15.7. The number of carbonyl (C=O) groups is 1. The van der Waals surface area contributed by atoms with Crippen LogP contribution in [0.5, 0.6) is 5.75 Å². The summed E-state index contributed by atoms with van der Waals surface area (Å²) in [5.41, 5.74) is 2.59. The van der Waals surface area contributed by atoms with Gasteiger partial charge in [0.2, 0.25) is 0 Å². The van der Waals surface area contributed by atoms with Crippen LogP contribution in [0.1, 0.15) is 21.7 Å². The molecule has 0 saturated heterocycles. The normalized spacial score (nSPS) is 10.7. The minimum Gasteiger partial charge on any atom is -0.495 e. The summed E-state index contributed by atoms with van der Waals surface area (Å²) in [6.45, 7) is 0.234. The molecule has 4 rings (SSSR count).